The van der Waals surface area contributed by atoms with Crippen molar-refractivity contribution < 1.29 is 22.4 Å². The Balaban J connectivity index is 1.47. The molecule has 0 saturated carbocycles. The van der Waals surface area contributed by atoms with E-state index in [2.05, 4.69) is 0 Å². The molecule has 0 aliphatic carbocycles. The first-order chi connectivity index (χ1) is 11.4. The molecular formula is C16H16ClNO5S. The van der Waals surface area contributed by atoms with Crippen molar-refractivity contribution in [2.45, 2.75) is 11.0 Å². The largest absolute Gasteiger partial charge is 0.484 e. The summed E-state index contributed by atoms with van der Waals surface area (Å²) in [7, 11) is -3.33. The van der Waals surface area contributed by atoms with Crippen LogP contribution in [0.1, 0.15) is 5.76 Å². The zero-order valence-corrected chi connectivity index (χ0v) is 14.3. The molecule has 2 heterocycles. The molecule has 128 valence electrons. The highest BCUT2D eigenvalue weighted by molar-refractivity contribution is 7.91. The Labute approximate surface area is 144 Å². The maximum Gasteiger partial charge on any atom is 0.260 e. The van der Waals surface area contributed by atoms with E-state index in [-0.39, 0.29) is 31.4 Å². The van der Waals surface area contributed by atoms with Crippen LogP contribution < -0.4 is 4.74 Å². The fourth-order valence-corrected chi connectivity index (χ4v) is 4.08. The summed E-state index contributed by atoms with van der Waals surface area (Å²) < 4.78 is 34.9. The number of benzene rings is 1. The number of rotatable bonds is 6. The van der Waals surface area contributed by atoms with Gasteiger partial charge in [-0.25, -0.2) is 8.42 Å². The lowest BCUT2D eigenvalue weighted by Crippen LogP contribution is -2.58. The smallest absolute Gasteiger partial charge is 0.260 e. The first kappa shape index (κ1) is 16.9. The first-order valence-corrected chi connectivity index (χ1v) is 9.43. The maximum atomic E-state index is 12.2. The monoisotopic (exact) mass is 369 g/mol. The second kappa shape index (κ2) is 6.86. The molecule has 0 atom stereocenters. The number of likely N-dealkylation sites (tertiary alicyclic amines) is 1. The molecule has 0 radical (unpaired) electrons. The third kappa shape index (κ3) is 3.91. The van der Waals surface area contributed by atoms with Gasteiger partial charge in [-0.3, -0.25) is 4.79 Å². The van der Waals surface area contributed by atoms with Crippen LogP contribution in [0.15, 0.2) is 47.1 Å². The third-order valence-corrected chi connectivity index (χ3v) is 6.06. The summed E-state index contributed by atoms with van der Waals surface area (Å²) in [5.74, 6) is 0.559. The van der Waals surface area contributed by atoms with Crippen molar-refractivity contribution in [3.63, 3.8) is 0 Å². The van der Waals surface area contributed by atoms with Gasteiger partial charge in [0.05, 0.1) is 11.5 Å². The summed E-state index contributed by atoms with van der Waals surface area (Å²) in [5, 5.41) is 0.0307. The molecule has 1 amide bonds. The Morgan fingerprint density at radius 3 is 2.58 bits per heavy atom. The first-order valence-electron chi connectivity index (χ1n) is 7.34. The Kier molecular flexibility index (Phi) is 4.82. The minimum absolute atomic E-state index is 0.132. The molecule has 2 aromatic rings. The molecular weight excluding hydrogens is 354 g/mol. The topological polar surface area (TPSA) is 76.8 Å². The van der Waals surface area contributed by atoms with Crippen molar-refractivity contribution >= 4 is 27.3 Å². The van der Waals surface area contributed by atoms with Crippen LogP contribution in [-0.2, 0) is 20.4 Å². The number of halogens is 1. The molecule has 1 aromatic carbocycles. The van der Waals surface area contributed by atoms with Gasteiger partial charge in [-0.15, -0.1) is 0 Å². The van der Waals surface area contributed by atoms with E-state index in [1.54, 1.807) is 36.4 Å². The van der Waals surface area contributed by atoms with E-state index in [0.29, 0.717) is 16.5 Å². The average molecular weight is 370 g/mol. The van der Waals surface area contributed by atoms with Gasteiger partial charge in [0, 0.05) is 18.1 Å². The van der Waals surface area contributed by atoms with Crippen LogP contribution in [0.3, 0.4) is 0 Å². The van der Waals surface area contributed by atoms with E-state index in [1.807, 2.05) is 0 Å². The molecule has 1 fully saturated rings. The Hall–Kier alpha value is -1.99. The fraction of sp³-hybridized carbons (Fsp3) is 0.312. The van der Waals surface area contributed by atoms with E-state index in [4.69, 9.17) is 20.8 Å². The second-order valence-corrected chi connectivity index (χ2v) is 8.27. The molecule has 1 aliphatic rings. The van der Waals surface area contributed by atoms with Gasteiger partial charge >= 0.3 is 0 Å². The van der Waals surface area contributed by atoms with Crippen LogP contribution in [0.4, 0.5) is 0 Å². The second-order valence-electron chi connectivity index (χ2n) is 5.55. The SMILES string of the molecule is O=C(COc1ccc(Cl)cc1)N1CC(S(=O)(=O)Cc2ccco2)C1. The molecule has 0 unspecified atom stereocenters. The average Bonchev–Trinajstić information content (AvgIpc) is 2.97. The molecule has 3 rings (SSSR count). The number of carbonyl (C=O) groups excluding carboxylic acids is 1. The Bertz CT molecular complexity index is 796. The van der Waals surface area contributed by atoms with Gasteiger partial charge < -0.3 is 14.1 Å². The predicted molar refractivity (Wildman–Crippen MR) is 88.6 cm³/mol. The summed E-state index contributed by atoms with van der Waals surface area (Å²) in [6.07, 6.45) is 1.44. The van der Waals surface area contributed by atoms with E-state index < -0.39 is 15.1 Å². The van der Waals surface area contributed by atoms with Crippen LogP contribution in [-0.4, -0.2) is 44.2 Å². The maximum absolute atomic E-state index is 12.2. The predicted octanol–water partition coefficient (Wildman–Crippen LogP) is 2.14. The zero-order valence-electron chi connectivity index (χ0n) is 12.7. The van der Waals surface area contributed by atoms with Crippen molar-refractivity contribution in [3.05, 3.63) is 53.4 Å². The number of hydrogen-bond acceptors (Lipinski definition) is 5. The standard InChI is InChI=1S/C16H16ClNO5S/c17-12-3-5-13(6-4-12)23-10-16(19)18-8-15(9-18)24(20,21)11-14-2-1-7-22-14/h1-7,15H,8-11H2. The van der Waals surface area contributed by atoms with Crippen LogP contribution in [0.25, 0.3) is 0 Å². The number of ether oxygens (including phenoxy) is 1. The van der Waals surface area contributed by atoms with Crippen LogP contribution in [0.5, 0.6) is 5.75 Å². The van der Waals surface area contributed by atoms with Crippen molar-refractivity contribution in [3.8, 4) is 5.75 Å². The van der Waals surface area contributed by atoms with Gasteiger partial charge in [0.1, 0.15) is 17.3 Å². The highest BCUT2D eigenvalue weighted by Gasteiger charge is 2.40. The Morgan fingerprint density at radius 1 is 1.25 bits per heavy atom. The number of hydrogen-bond donors (Lipinski definition) is 0. The summed E-state index contributed by atoms with van der Waals surface area (Å²) in [5.41, 5.74) is 0. The molecule has 0 N–H and O–H groups in total. The van der Waals surface area contributed by atoms with Crippen molar-refractivity contribution in [2.24, 2.45) is 0 Å². The van der Waals surface area contributed by atoms with Gasteiger partial charge in [0.15, 0.2) is 16.4 Å². The van der Waals surface area contributed by atoms with Crippen molar-refractivity contribution in [1.29, 1.82) is 0 Å². The number of amides is 1. The van der Waals surface area contributed by atoms with Crippen molar-refractivity contribution in [1.82, 2.24) is 4.90 Å². The molecule has 24 heavy (non-hydrogen) atoms. The van der Waals surface area contributed by atoms with Crippen LogP contribution in [0.2, 0.25) is 5.02 Å². The van der Waals surface area contributed by atoms with E-state index in [1.165, 1.54) is 11.2 Å². The molecule has 1 saturated heterocycles. The summed E-state index contributed by atoms with van der Waals surface area (Å²) in [6.45, 7) is 0.240. The molecule has 0 bridgehead atoms. The van der Waals surface area contributed by atoms with Gasteiger partial charge in [0.2, 0.25) is 0 Å². The molecule has 1 aromatic heterocycles. The fourth-order valence-electron chi connectivity index (χ4n) is 2.35. The molecule has 8 heteroatoms. The highest BCUT2D eigenvalue weighted by atomic mass is 35.5. The number of sulfone groups is 1. The minimum Gasteiger partial charge on any atom is -0.484 e. The summed E-state index contributed by atoms with van der Waals surface area (Å²) in [6, 6.07) is 9.95. The number of nitrogens with zero attached hydrogens (tertiary/aromatic N) is 1. The van der Waals surface area contributed by atoms with Gasteiger partial charge in [-0.2, -0.15) is 0 Å². The van der Waals surface area contributed by atoms with E-state index >= 15 is 0 Å². The van der Waals surface area contributed by atoms with Crippen LogP contribution >= 0.6 is 11.6 Å². The lowest BCUT2D eigenvalue weighted by atomic mass is 10.2. The minimum atomic E-state index is -3.33. The van der Waals surface area contributed by atoms with Gasteiger partial charge in [-0.1, -0.05) is 11.6 Å². The van der Waals surface area contributed by atoms with E-state index in [0.717, 1.165) is 0 Å². The highest BCUT2D eigenvalue weighted by Crippen LogP contribution is 2.21. The molecule has 1 aliphatic heterocycles. The zero-order chi connectivity index (χ0) is 17.2. The lowest BCUT2D eigenvalue weighted by molar-refractivity contribution is -0.136. The van der Waals surface area contributed by atoms with Crippen LogP contribution in [0, 0.1) is 0 Å². The summed E-state index contributed by atoms with van der Waals surface area (Å²) in [4.78, 5) is 13.5. The Morgan fingerprint density at radius 2 is 1.96 bits per heavy atom. The normalized spacial score (nSPS) is 15.1. The van der Waals surface area contributed by atoms with Gasteiger partial charge in [0.25, 0.3) is 5.91 Å². The van der Waals surface area contributed by atoms with Crippen molar-refractivity contribution in [2.75, 3.05) is 19.7 Å². The molecule has 0 spiro atoms. The lowest BCUT2D eigenvalue weighted by Gasteiger charge is -2.38. The van der Waals surface area contributed by atoms with Gasteiger partial charge in [-0.05, 0) is 36.4 Å². The third-order valence-electron chi connectivity index (χ3n) is 3.81. The summed E-state index contributed by atoms with van der Waals surface area (Å²) >= 11 is 5.77. The number of carbonyl (C=O) groups is 1. The number of furan rings is 1. The molecule has 6 nitrogen and oxygen atoms in total. The quantitative estimate of drug-likeness (QED) is 0.779. The van der Waals surface area contributed by atoms with E-state index in [9.17, 15) is 13.2 Å².